The summed E-state index contributed by atoms with van der Waals surface area (Å²) >= 11 is 0. The van der Waals surface area contributed by atoms with Crippen LogP contribution >= 0.6 is 24.0 Å². The largest absolute Gasteiger partial charge is 0.493 e. The summed E-state index contributed by atoms with van der Waals surface area (Å²) in [6.45, 7) is 1.41. The molecule has 28 heavy (non-hydrogen) atoms. The van der Waals surface area contributed by atoms with Crippen molar-refractivity contribution in [2.75, 3.05) is 20.7 Å². The van der Waals surface area contributed by atoms with Gasteiger partial charge in [-0.15, -0.1) is 24.0 Å². The molecule has 0 bridgehead atoms. The zero-order chi connectivity index (χ0) is 18.9. The van der Waals surface area contributed by atoms with E-state index in [4.69, 9.17) is 13.9 Å². The molecule has 1 aromatic carbocycles. The Morgan fingerprint density at radius 1 is 1.18 bits per heavy atom. The average molecular weight is 499 g/mol. The zero-order valence-corrected chi connectivity index (χ0v) is 18.9. The number of hydrogen-bond acceptors (Lipinski definition) is 4. The summed E-state index contributed by atoms with van der Waals surface area (Å²) in [5.74, 6) is 3.32. The molecule has 2 aromatic rings. The van der Waals surface area contributed by atoms with Crippen molar-refractivity contribution >= 4 is 29.9 Å². The van der Waals surface area contributed by atoms with Gasteiger partial charge in [0.05, 0.1) is 19.5 Å². The average Bonchev–Trinajstić information content (AvgIpc) is 3.39. The lowest BCUT2D eigenvalue weighted by Crippen LogP contribution is -2.37. The van der Waals surface area contributed by atoms with Gasteiger partial charge in [-0.3, -0.25) is 4.99 Å². The Morgan fingerprint density at radius 2 is 2.00 bits per heavy atom. The van der Waals surface area contributed by atoms with Crippen LogP contribution in [0, 0.1) is 0 Å². The van der Waals surface area contributed by atoms with E-state index in [-0.39, 0.29) is 24.0 Å². The normalized spacial score (nSPS) is 14.4. The first kappa shape index (κ1) is 22.4. The second-order valence-corrected chi connectivity index (χ2v) is 6.69. The van der Waals surface area contributed by atoms with Gasteiger partial charge < -0.3 is 24.5 Å². The van der Waals surface area contributed by atoms with E-state index in [1.54, 1.807) is 20.4 Å². The first-order valence-corrected chi connectivity index (χ1v) is 9.59. The second-order valence-electron chi connectivity index (χ2n) is 6.69. The molecule has 1 fully saturated rings. The molecule has 154 valence electrons. The minimum atomic E-state index is 0. The first-order valence-electron chi connectivity index (χ1n) is 9.59. The minimum Gasteiger partial charge on any atom is -0.493 e. The number of furan rings is 1. The molecule has 0 amide bonds. The van der Waals surface area contributed by atoms with Crippen molar-refractivity contribution in [1.82, 2.24) is 10.6 Å². The second kappa shape index (κ2) is 11.8. The van der Waals surface area contributed by atoms with Crippen molar-refractivity contribution in [2.45, 2.75) is 44.8 Å². The van der Waals surface area contributed by atoms with E-state index in [0.717, 1.165) is 54.6 Å². The fraction of sp³-hybridized carbons (Fsp3) is 0.476. The van der Waals surface area contributed by atoms with Crippen LogP contribution in [0.25, 0.3) is 0 Å². The van der Waals surface area contributed by atoms with Gasteiger partial charge in [0.1, 0.15) is 5.76 Å². The molecular weight excluding hydrogens is 469 g/mol. The Balaban J connectivity index is 0.00000280. The van der Waals surface area contributed by atoms with Crippen molar-refractivity contribution in [3.05, 3.63) is 47.9 Å². The SMILES string of the molecule is CN=C(NCCc1ccco1)NCc1ccc(OC2CCCC2)c(OC)c1.I. The van der Waals surface area contributed by atoms with Crippen molar-refractivity contribution in [2.24, 2.45) is 4.99 Å². The molecule has 0 atom stereocenters. The van der Waals surface area contributed by atoms with Crippen LogP contribution < -0.4 is 20.1 Å². The van der Waals surface area contributed by atoms with Gasteiger partial charge in [0.2, 0.25) is 0 Å². The van der Waals surface area contributed by atoms with E-state index in [9.17, 15) is 0 Å². The maximum absolute atomic E-state index is 6.10. The smallest absolute Gasteiger partial charge is 0.191 e. The van der Waals surface area contributed by atoms with Crippen molar-refractivity contribution in [3.8, 4) is 11.5 Å². The zero-order valence-electron chi connectivity index (χ0n) is 16.6. The molecule has 0 aliphatic heterocycles. The number of rotatable bonds is 8. The quantitative estimate of drug-likeness (QED) is 0.325. The molecule has 0 saturated heterocycles. The van der Waals surface area contributed by atoms with Gasteiger partial charge in [-0.05, 0) is 55.5 Å². The summed E-state index contributed by atoms with van der Waals surface area (Å²) in [5, 5.41) is 6.61. The Bertz CT molecular complexity index is 729. The number of benzene rings is 1. The Morgan fingerprint density at radius 3 is 2.68 bits per heavy atom. The van der Waals surface area contributed by atoms with Gasteiger partial charge in [0.25, 0.3) is 0 Å². The standard InChI is InChI=1S/C21H29N3O3.HI/c1-22-21(23-12-11-17-8-5-13-26-17)24-15-16-9-10-19(20(14-16)25-2)27-18-6-3-4-7-18;/h5,8-10,13-14,18H,3-4,6-7,11-12,15H2,1-2H3,(H2,22,23,24);1H. The maximum Gasteiger partial charge on any atom is 0.191 e. The molecule has 6 nitrogen and oxygen atoms in total. The highest BCUT2D eigenvalue weighted by Crippen LogP contribution is 2.32. The number of nitrogens with zero attached hydrogens (tertiary/aromatic N) is 1. The summed E-state index contributed by atoms with van der Waals surface area (Å²) in [4.78, 5) is 4.26. The molecule has 0 unspecified atom stereocenters. The molecular formula is C21H30IN3O3. The predicted octanol–water partition coefficient (Wildman–Crippen LogP) is 4.14. The molecule has 1 saturated carbocycles. The predicted molar refractivity (Wildman–Crippen MR) is 122 cm³/mol. The molecule has 1 aromatic heterocycles. The summed E-state index contributed by atoms with van der Waals surface area (Å²) in [5.41, 5.74) is 1.11. The van der Waals surface area contributed by atoms with E-state index in [1.165, 1.54) is 12.8 Å². The highest BCUT2D eigenvalue weighted by atomic mass is 127. The highest BCUT2D eigenvalue weighted by molar-refractivity contribution is 14.0. The molecule has 3 rings (SSSR count). The summed E-state index contributed by atoms with van der Waals surface area (Å²) in [6.07, 6.45) is 7.59. The fourth-order valence-electron chi connectivity index (χ4n) is 3.27. The number of hydrogen-bond donors (Lipinski definition) is 2. The molecule has 1 heterocycles. The number of halogens is 1. The molecule has 1 aliphatic carbocycles. The minimum absolute atomic E-state index is 0. The Kier molecular flexibility index (Phi) is 9.46. The van der Waals surface area contributed by atoms with Crippen LogP contribution in [0.2, 0.25) is 0 Å². The van der Waals surface area contributed by atoms with Gasteiger partial charge >= 0.3 is 0 Å². The third-order valence-electron chi connectivity index (χ3n) is 4.75. The van der Waals surface area contributed by atoms with Crippen LogP contribution in [0.5, 0.6) is 11.5 Å². The van der Waals surface area contributed by atoms with Gasteiger partial charge in [0.15, 0.2) is 17.5 Å². The van der Waals surface area contributed by atoms with Gasteiger partial charge in [-0.25, -0.2) is 0 Å². The highest BCUT2D eigenvalue weighted by Gasteiger charge is 2.18. The van der Waals surface area contributed by atoms with Crippen LogP contribution in [0.1, 0.15) is 37.0 Å². The Hall–Kier alpha value is -1.90. The summed E-state index contributed by atoms with van der Waals surface area (Å²) in [6, 6.07) is 9.96. The molecule has 0 spiro atoms. The molecule has 0 radical (unpaired) electrons. The van der Waals surface area contributed by atoms with Crippen molar-refractivity contribution in [1.29, 1.82) is 0 Å². The molecule has 2 N–H and O–H groups in total. The van der Waals surface area contributed by atoms with Crippen molar-refractivity contribution < 1.29 is 13.9 Å². The van der Waals surface area contributed by atoms with Crippen LogP contribution in [-0.4, -0.2) is 32.8 Å². The van der Waals surface area contributed by atoms with E-state index < -0.39 is 0 Å². The fourth-order valence-corrected chi connectivity index (χ4v) is 3.27. The van der Waals surface area contributed by atoms with Crippen LogP contribution in [0.4, 0.5) is 0 Å². The number of guanidine groups is 1. The number of methoxy groups -OCH3 is 1. The lowest BCUT2D eigenvalue weighted by atomic mass is 10.2. The molecule has 1 aliphatic rings. The van der Waals surface area contributed by atoms with E-state index in [2.05, 4.69) is 21.7 Å². The maximum atomic E-state index is 6.10. The summed E-state index contributed by atoms with van der Waals surface area (Å²) < 4.78 is 17.0. The van der Waals surface area contributed by atoms with E-state index in [0.29, 0.717) is 12.6 Å². The topological polar surface area (TPSA) is 68.0 Å². The van der Waals surface area contributed by atoms with Crippen LogP contribution in [0.3, 0.4) is 0 Å². The molecule has 7 heteroatoms. The lowest BCUT2D eigenvalue weighted by molar-refractivity contribution is 0.200. The number of ether oxygens (including phenoxy) is 2. The third-order valence-corrected chi connectivity index (χ3v) is 4.75. The Labute approximate surface area is 184 Å². The van der Waals surface area contributed by atoms with Crippen LogP contribution in [0.15, 0.2) is 46.0 Å². The lowest BCUT2D eigenvalue weighted by Gasteiger charge is -2.17. The van der Waals surface area contributed by atoms with Gasteiger partial charge in [-0.2, -0.15) is 0 Å². The van der Waals surface area contributed by atoms with E-state index >= 15 is 0 Å². The van der Waals surface area contributed by atoms with Gasteiger partial charge in [0, 0.05) is 26.6 Å². The first-order chi connectivity index (χ1) is 13.3. The van der Waals surface area contributed by atoms with Crippen LogP contribution in [-0.2, 0) is 13.0 Å². The number of nitrogens with one attached hydrogen (secondary N) is 2. The summed E-state index contributed by atoms with van der Waals surface area (Å²) in [7, 11) is 3.45. The number of aliphatic imine (C=N–C) groups is 1. The monoisotopic (exact) mass is 499 g/mol. The third kappa shape index (κ3) is 6.61. The van der Waals surface area contributed by atoms with E-state index in [1.807, 2.05) is 24.3 Å². The van der Waals surface area contributed by atoms with Gasteiger partial charge in [-0.1, -0.05) is 6.07 Å². The van der Waals surface area contributed by atoms with Crippen molar-refractivity contribution in [3.63, 3.8) is 0 Å².